The van der Waals surface area contributed by atoms with Gasteiger partial charge in [0.1, 0.15) is 0 Å². The number of benzene rings is 1. The number of phenolic OH excluding ortho intramolecular Hbond substituents is 1. The number of rotatable bonds is 3. The molecular weight excluding hydrogens is 218 g/mol. The molecule has 2 rings (SSSR count). The van der Waals surface area contributed by atoms with Crippen LogP contribution in [0.1, 0.15) is 6.92 Å². The summed E-state index contributed by atoms with van der Waals surface area (Å²) in [5.74, 6) is 0.571. The zero-order valence-corrected chi connectivity index (χ0v) is 9.84. The van der Waals surface area contributed by atoms with E-state index in [1.807, 2.05) is 14.0 Å². The van der Waals surface area contributed by atoms with Gasteiger partial charge in [0.25, 0.3) is 0 Å². The van der Waals surface area contributed by atoms with E-state index in [0.29, 0.717) is 18.0 Å². The lowest BCUT2D eigenvalue weighted by atomic mass is 10.1. The van der Waals surface area contributed by atoms with Crippen LogP contribution in [-0.4, -0.2) is 21.5 Å². The summed E-state index contributed by atoms with van der Waals surface area (Å²) in [5, 5.41) is 13.7. The van der Waals surface area contributed by atoms with Crippen molar-refractivity contribution in [3.63, 3.8) is 0 Å². The molecule has 0 amide bonds. The van der Waals surface area contributed by atoms with E-state index in [-0.39, 0.29) is 5.75 Å². The monoisotopic (exact) mass is 233 g/mol. The first-order valence-electron chi connectivity index (χ1n) is 5.37. The van der Waals surface area contributed by atoms with Crippen LogP contribution in [0.4, 0.5) is 5.69 Å². The third kappa shape index (κ3) is 2.04. The van der Waals surface area contributed by atoms with Crippen molar-refractivity contribution in [2.24, 2.45) is 7.05 Å². The molecule has 0 saturated carbocycles. The number of anilines is 1. The highest BCUT2D eigenvalue weighted by atomic mass is 16.5. The molecule has 0 atom stereocenters. The Labute approximate surface area is 99.4 Å². The van der Waals surface area contributed by atoms with Gasteiger partial charge in [0.15, 0.2) is 11.5 Å². The van der Waals surface area contributed by atoms with Crippen molar-refractivity contribution in [2.75, 3.05) is 12.3 Å². The maximum Gasteiger partial charge on any atom is 0.161 e. The second-order valence-corrected chi connectivity index (χ2v) is 3.69. The highest BCUT2D eigenvalue weighted by Crippen LogP contribution is 2.33. The van der Waals surface area contributed by atoms with E-state index in [4.69, 9.17) is 10.5 Å². The number of hydrogen-bond donors (Lipinski definition) is 2. The maximum absolute atomic E-state index is 9.62. The van der Waals surface area contributed by atoms with E-state index in [1.54, 1.807) is 29.1 Å². The Bertz CT molecular complexity index is 515. The molecule has 0 saturated heterocycles. The summed E-state index contributed by atoms with van der Waals surface area (Å²) in [6.45, 7) is 2.36. The summed E-state index contributed by atoms with van der Waals surface area (Å²) in [5.41, 5.74) is 8.12. The first-order valence-corrected chi connectivity index (χ1v) is 5.37. The van der Waals surface area contributed by atoms with Crippen molar-refractivity contribution in [1.29, 1.82) is 0 Å². The number of aryl methyl sites for hydroxylation is 1. The number of nitrogens with zero attached hydrogens (tertiary/aromatic N) is 2. The molecular formula is C12H15N3O2. The van der Waals surface area contributed by atoms with Gasteiger partial charge in [0.05, 0.1) is 24.2 Å². The molecule has 0 bridgehead atoms. The van der Waals surface area contributed by atoms with E-state index >= 15 is 0 Å². The fraction of sp³-hybridized carbons (Fsp3) is 0.250. The lowest BCUT2D eigenvalue weighted by Gasteiger charge is -2.09. The fourth-order valence-corrected chi connectivity index (χ4v) is 1.74. The zero-order chi connectivity index (χ0) is 12.4. The zero-order valence-electron chi connectivity index (χ0n) is 9.84. The number of aromatic nitrogens is 2. The van der Waals surface area contributed by atoms with Gasteiger partial charge in [-0.25, -0.2) is 0 Å². The quantitative estimate of drug-likeness (QED) is 0.847. The Balaban J connectivity index is 2.50. The largest absolute Gasteiger partial charge is 0.504 e. The van der Waals surface area contributed by atoms with E-state index in [2.05, 4.69) is 5.10 Å². The summed E-state index contributed by atoms with van der Waals surface area (Å²) >= 11 is 0. The number of phenols is 1. The molecule has 0 unspecified atom stereocenters. The molecule has 2 aromatic rings. The van der Waals surface area contributed by atoms with Crippen LogP contribution >= 0.6 is 0 Å². The minimum absolute atomic E-state index is 0.122. The molecule has 0 aliphatic carbocycles. The van der Waals surface area contributed by atoms with Gasteiger partial charge in [-0.2, -0.15) is 5.10 Å². The van der Waals surface area contributed by atoms with Gasteiger partial charge in [0.2, 0.25) is 0 Å². The molecule has 0 radical (unpaired) electrons. The lowest BCUT2D eigenvalue weighted by molar-refractivity contribution is 0.318. The molecule has 1 heterocycles. The predicted molar refractivity (Wildman–Crippen MR) is 65.9 cm³/mol. The highest BCUT2D eigenvalue weighted by Gasteiger charge is 2.11. The van der Waals surface area contributed by atoms with Crippen molar-refractivity contribution in [3.05, 3.63) is 24.4 Å². The van der Waals surface area contributed by atoms with Gasteiger partial charge in [0, 0.05) is 12.6 Å². The second-order valence-electron chi connectivity index (χ2n) is 3.69. The molecule has 1 aromatic carbocycles. The van der Waals surface area contributed by atoms with E-state index in [9.17, 15) is 5.11 Å². The number of nitrogen functional groups attached to an aromatic ring is 1. The normalized spacial score (nSPS) is 10.5. The molecule has 1 aromatic heterocycles. The average molecular weight is 233 g/mol. The van der Waals surface area contributed by atoms with Crippen molar-refractivity contribution < 1.29 is 9.84 Å². The average Bonchev–Trinajstić information content (AvgIpc) is 2.63. The van der Waals surface area contributed by atoms with Gasteiger partial charge in [-0.3, -0.25) is 4.68 Å². The first kappa shape index (κ1) is 11.3. The molecule has 5 nitrogen and oxygen atoms in total. The maximum atomic E-state index is 9.62. The standard InChI is InChI=1S/C12H15N3O2/c1-3-17-11-6-8(4-5-10(11)16)12-9(13)7-14-15(12)2/h4-7,16H,3,13H2,1-2H3. The second kappa shape index (κ2) is 4.37. The molecule has 5 heteroatoms. The molecule has 0 aliphatic rings. The van der Waals surface area contributed by atoms with Gasteiger partial charge in [-0.05, 0) is 25.1 Å². The molecule has 0 fully saturated rings. The van der Waals surface area contributed by atoms with E-state index in [0.717, 1.165) is 11.3 Å². The lowest BCUT2D eigenvalue weighted by Crippen LogP contribution is -1.97. The fourth-order valence-electron chi connectivity index (χ4n) is 1.74. The van der Waals surface area contributed by atoms with Gasteiger partial charge < -0.3 is 15.6 Å². The van der Waals surface area contributed by atoms with Crippen LogP contribution in [0.3, 0.4) is 0 Å². The Morgan fingerprint density at radius 3 is 2.82 bits per heavy atom. The van der Waals surface area contributed by atoms with Gasteiger partial charge in [-0.15, -0.1) is 0 Å². The summed E-state index contributed by atoms with van der Waals surface area (Å²) < 4.78 is 7.03. The third-order valence-corrected chi connectivity index (χ3v) is 2.50. The summed E-state index contributed by atoms with van der Waals surface area (Å²) in [6.07, 6.45) is 1.60. The van der Waals surface area contributed by atoms with Gasteiger partial charge in [-0.1, -0.05) is 0 Å². The van der Waals surface area contributed by atoms with Crippen LogP contribution in [0, 0.1) is 0 Å². The highest BCUT2D eigenvalue weighted by molar-refractivity contribution is 5.74. The minimum atomic E-state index is 0.122. The Morgan fingerprint density at radius 2 is 2.24 bits per heavy atom. The SMILES string of the molecule is CCOc1cc(-c2c(N)cnn2C)ccc1O. The van der Waals surface area contributed by atoms with Crippen molar-refractivity contribution in [2.45, 2.75) is 6.92 Å². The Hall–Kier alpha value is -2.17. The molecule has 3 N–H and O–H groups in total. The molecule has 0 spiro atoms. The molecule has 90 valence electrons. The number of nitrogens with two attached hydrogens (primary N) is 1. The number of hydrogen-bond acceptors (Lipinski definition) is 4. The molecule has 0 aliphatic heterocycles. The van der Waals surface area contributed by atoms with Crippen molar-refractivity contribution in [1.82, 2.24) is 9.78 Å². The van der Waals surface area contributed by atoms with Crippen LogP contribution < -0.4 is 10.5 Å². The van der Waals surface area contributed by atoms with Crippen LogP contribution in [-0.2, 0) is 7.05 Å². The van der Waals surface area contributed by atoms with Crippen molar-refractivity contribution in [3.8, 4) is 22.8 Å². The van der Waals surface area contributed by atoms with Gasteiger partial charge >= 0.3 is 0 Å². The molecule has 17 heavy (non-hydrogen) atoms. The first-order chi connectivity index (χ1) is 8.13. The third-order valence-electron chi connectivity index (χ3n) is 2.50. The number of ether oxygens (including phenoxy) is 1. The van der Waals surface area contributed by atoms with Crippen molar-refractivity contribution >= 4 is 5.69 Å². The summed E-state index contributed by atoms with van der Waals surface area (Å²) in [7, 11) is 1.82. The van der Waals surface area contributed by atoms with E-state index < -0.39 is 0 Å². The topological polar surface area (TPSA) is 73.3 Å². The Morgan fingerprint density at radius 1 is 1.47 bits per heavy atom. The van der Waals surface area contributed by atoms with Crippen LogP contribution in [0.5, 0.6) is 11.5 Å². The predicted octanol–water partition coefficient (Wildman–Crippen LogP) is 1.77. The van der Waals surface area contributed by atoms with Crippen LogP contribution in [0.25, 0.3) is 11.3 Å². The Kier molecular flexibility index (Phi) is 2.91. The number of aromatic hydroxyl groups is 1. The smallest absolute Gasteiger partial charge is 0.161 e. The van der Waals surface area contributed by atoms with E-state index in [1.165, 1.54) is 0 Å². The van der Waals surface area contributed by atoms with Crippen LogP contribution in [0.2, 0.25) is 0 Å². The minimum Gasteiger partial charge on any atom is -0.504 e. The van der Waals surface area contributed by atoms with Crippen LogP contribution in [0.15, 0.2) is 24.4 Å². The summed E-state index contributed by atoms with van der Waals surface area (Å²) in [4.78, 5) is 0. The summed E-state index contributed by atoms with van der Waals surface area (Å²) in [6, 6.07) is 5.13.